The predicted molar refractivity (Wildman–Crippen MR) is 230 cm³/mol. The van der Waals surface area contributed by atoms with Gasteiger partial charge in [0.05, 0.1) is 11.4 Å². The van der Waals surface area contributed by atoms with Crippen LogP contribution in [0.15, 0.2) is 136 Å². The Kier molecular flexibility index (Phi) is 8.57. The normalized spacial score (nSPS) is 12.3. The lowest BCUT2D eigenvalue weighted by atomic mass is 9.88. The Labute approximate surface area is 328 Å². The van der Waals surface area contributed by atoms with Crippen molar-refractivity contribution in [1.29, 1.82) is 0 Å². The predicted octanol–water partition coefficient (Wildman–Crippen LogP) is 14.6. The molecule has 0 saturated heterocycles. The molecule has 0 saturated carbocycles. The largest absolute Gasteiger partial charge is 0.456 e. The molecule has 4 aromatic heterocycles. The molecular formula is C51H46N2O3. The highest BCUT2D eigenvalue weighted by Crippen LogP contribution is 2.44. The molecule has 0 amide bonds. The zero-order chi connectivity index (χ0) is 38.8. The topological polar surface area (TPSA) is 61.3 Å². The summed E-state index contributed by atoms with van der Waals surface area (Å²) >= 11 is 0. The van der Waals surface area contributed by atoms with Gasteiger partial charge in [-0.05, 0) is 82.8 Å². The fraction of sp³-hybridized carbons (Fsp3) is 0.216. The average molecular weight is 735 g/mol. The van der Waals surface area contributed by atoms with Crippen LogP contribution >= 0.6 is 0 Å². The standard InChI is InChI=1S/C51H46N2O3/c1-31-37-22-20-32(29-50(2,3)4)24-43(37)54-48(31)36-27-42(53-46(28-36)56-45-19-13-18-41(52-45)34-14-9-8-10-15-34)40-26-35-16-11-12-17-38(35)47-39-23-21-33(30-51(5,6)7)25-44(39)55-49(40)47/h8-28H,29-30H2,1-7H3. The second-order valence-corrected chi connectivity index (χ2v) is 17.6. The molecule has 0 N–H and O–H groups in total. The fourth-order valence-corrected chi connectivity index (χ4v) is 8.02. The number of nitrogens with zero attached hydrogens (tertiary/aromatic N) is 2. The lowest BCUT2D eigenvalue weighted by Gasteiger charge is -2.17. The Morgan fingerprint density at radius 3 is 1.93 bits per heavy atom. The van der Waals surface area contributed by atoms with Crippen molar-refractivity contribution in [2.24, 2.45) is 10.8 Å². The molecule has 5 heteroatoms. The van der Waals surface area contributed by atoms with Crippen LogP contribution in [0.5, 0.6) is 11.8 Å². The van der Waals surface area contributed by atoms with Crippen LogP contribution in [0.25, 0.3) is 77.5 Å². The maximum absolute atomic E-state index is 6.88. The minimum atomic E-state index is 0.150. The number of rotatable bonds is 7. The second-order valence-electron chi connectivity index (χ2n) is 17.6. The van der Waals surface area contributed by atoms with E-state index in [0.29, 0.717) is 11.8 Å². The Bertz CT molecular complexity index is 2920. The van der Waals surface area contributed by atoms with E-state index in [0.717, 1.165) is 95.9 Å². The first-order chi connectivity index (χ1) is 26.8. The van der Waals surface area contributed by atoms with Gasteiger partial charge in [0.25, 0.3) is 0 Å². The summed E-state index contributed by atoms with van der Waals surface area (Å²) in [5.74, 6) is 1.64. The van der Waals surface area contributed by atoms with Gasteiger partial charge in [0.15, 0.2) is 0 Å². The third-order valence-corrected chi connectivity index (χ3v) is 10.3. The van der Waals surface area contributed by atoms with Crippen molar-refractivity contribution in [3.63, 3.8) is 0 Å². The summed E-state index contributed by atoms with van der Waals surface area (Å²) in [6.45, 7) is 15.7. The Balaban J connectivity index is 1.25. The zero-order valence-corrected chi connectivity index (χ0v) is 33.2. The summed E-state index contributed by atoms with van der Waals surface area (Å²) in [6.07, 6.45) is 1.91. The van der Waals surface area contributed by atoms with Gasteiger partial charge in [0, 0.05) is 50.5 Å². The minimum Gasteiger partial charge on any atom is -0.456 e. The molecule has 0 radical (unpaired) electrons. The number of aromatic nitrogens is 2. The molecule has 0 aliphatic carbocycles. The van der Waals surface area contributed by atoms with E-state index < -0.39 is 0 Å². The first-order valence-electron chi connectivity index (χ1n) is 19.5. The van der Waals surface area contributed by atoms with Crippen LogP contribution < -0.4 is 4.74 Å². The van der Waals surface area contributed by atoms with Gasteiger partial charge in [-0.1, -0.05) is 126 Å². The number of benzene rings is 5. The summed E-state index contributed by atoms with van der Waals surface area (Å²) < 4.78 is 20.2. The van der Waals surface area contributed by atoms with E-state index in [2.05, 4.69) is 121 Å². The van der Waals surface area contributed by atoms with Gasteiger partial charge in [-0.2, -0.15) is 0 Å². The van der Waals surface area contributed by atoms with Gasteiger partial charge in [0.2, 0.25) is 11.8 Å². The lowest BCUT2D eigenvalue weighted by molar-refractivity contribution is 0.411. The van der Waals surface area contributed by atoms with Crippen molar-refractivity contribution < 1.29 is 13.6 Å². The van der Waals surface area contributed by atoms with Crippen molar-refractivity contribution in [2.45, 2.75) is 61.3 Å². The molecule has 9 aromatic rings. The van der Waals surface area contributed by atoms with Crippen LogP contribution in [-0.2, 0) is 12.8 Å². The summed E-state index contributed by atoms with van der Waals surface area (Å²) in [6, 6.07) is 43.9. The van der Waals surface area contributed by atoms with Crippen molar-refractivity contribution >= 4 is 43.7 Å². The van der Waals surface area contributed by atoms with E-state index in [9.17, 15) is 0 Å². The van der Waals surface area contributed by atoms with E-state index in [1.165, 1.54) is 11.1 Å². The fourth-order valence-electron chi connectivity index (χ4n) is 8.02. The van der Waals surface area contributed by atoms with Gasteiger partial charge in [-0.15, -0.1) is 0 Å². The number of ether oxygens (including phenoxy) is 1. The molecule has 4 heterocycles. The highest BCUT2D eigenvalue weighted by molar-refractivity contribution is 6.22. The molecule has 0 fully saturated rings. The van der Waals surface area contributed by atoms with Crippen molar-refractivity contribution in [2.75, 3.05) is 0 Å². The third kappa shape index (κ3) is 6.94. The molecule has 0 aliphatic heterocycles. The number of aryl methyl sites for hydroxylation is 1. The second kappa shape index (κ2) is 13.5. The summed E-state index contributed by atoms with van der Waals surface area (Å²) in [4.78, 5) is 10.1. The molecule has 0 aliphatic rings. The quantitative estimate of drug-likeness (QED) is 0.163. The molecular weight excluding hydrogens is 689 g/mol. The maximum atomic E-state index is 6.88. The molecule has 0 unspecified atom stereocenters. The van der Waals surface area contributed by atoms with Gasteiger partial charge in [-0.25, -0.2) is 9.97 Å². The maximum Gasteiger partial charge on any atom is 0.222 e. The van der Waals surface area contributed by atoms with E-state index in [1.807, 2.05) is 54.6 Å². The van der Waals surface area contributed by atoms with E-state index in [1.54, 1.807) is 0 Å². The highest BCUT2D eigenvalue weighted by Gasteiger charge is 2.22. The van der Waals surface area contributed by atoms with Crippen LogP contribution in [0.1, 0.15) is 58.2 Å². The van der Waals surface area contributed by atoms with Gasteiger partial charge < -0.3 is 13.6 Å². The summed E-state index contributed by atoms with van der Waals surface area (Å²) in [5.41, 5.74) is 10.7. The Hall–Kier alpha value is -6.20. The van der Waals surface area contributed by atoms with Crippen LogP contribution in [0.4, 0.5) is 0 Å². The molecule has 5 aromatic carbocycles. The number of hydrogen-bond acceptors (Lipinski definition) is 5. The molecule has 9 rings (SSSR count). The van der Waals surface area contributed by atoms with Crippen LogP contribution in [0.3, 0.4) is 0 Å². The van der Waals surface area contributed by atoms with Gasteiger partial charge >= 0.3 is 0 Å². The first kappa shape index (κ1) is 35.5. The summed E-state index contributed by atoms with van der Waals surface area (Å²) in [7, 11) is 0. The van der Waals surface area contributed by atoms with Crippen LogP contribution in [0.2, 0.25) is 0 Å². The lowest BCUT2D eigenvalue weighted by Crippen LogP contribution is -2.08. The van der Waals surface area contributed by atoms with E-state index >= 15 is 0 Å². The first-order valence-corrected chi connectivity index (χ1v) is 19.5. The SMILES string of the molecule is Cc1c(-c2cc(Oc3cccc(-c4ccccc4)n3)nc(-c3cc4ccccc4c4c3oc3cc(CC(C)(C)C)ccc34)c2)oc2cc(CC(C)(C)C)ccc12. The molecule has 56 heavy (non-hydrogen) atoms. The molecule has 0 spiro atoms. The van der Waals surface area contributed by atoms with Crippen molar-refractivity contribution in [3.05, 3.63) is 144 Å². The molecule has 0 atom stereocenters. The number of fused-ring (bicyclic) bond motifs is 6. The van der Waals surface area contributed by atoms with E-state index in [-0.39, 0.29) is 10.8 Å². The minimum absolute atomic E-state index is 0.150. The van der Waals surface area contributed by atoms with Gasteiger partial charge in [-0.3, -0.25) is 0 Å². The molecule has 278 valence electrons. The number of pyridine rings is 2. The zero-order valence-electron chi connectivity index (χ0n) is 33.2. The van der Waals surface area contributed by atoms with Crippen LogP contribution in [0, 0.1) is 17.8 Å². The van der Waals surface area contributed by atoms with Gasteiger partial charge in [0.1, 0.15) is 22.5 Å². The smallest absolute Gasteiger partial charge is 0.222 e. The number of furan rings is 2. The molecule has 5 nitrogen and oxygen atoms in total. The van der Waals surface area contributed by atoms with Crippen molar-refractivity contribution in [1.82, 2.24) is 9.97 Å². The Morgan fingerprint density at radius 2 is 1.20 bits per heavy atom. The van der Waals surface area contributed by atoms with E-state index in [4.69, 9.17) is 23.5 Å². The average Bonchev–Trinajstić information content (AvgIpc) is 3.70. The van der Waals surface area contributed by atoms with Crippen molar-refractivity contribution in [3.8, 4) is 45.6 Å². The third-order valence-electron chi connectivity index (χ3n) is 10.3. The Morgan fingerprint density at radius 1 is 0.536 bits per heavy atom. The highest BCUT2D eigenvalue weighted by atomic mass is 16.5. The monoisotopic (exact) mass is 734 g/mol. The number of hydrogen-bond donors (Lipinski definition) is 0. The molecule has 0 bridgehead atoms. The summed E-state index contributed by atoms with van der Waals surface area (Å²) in [5, 5.41) is 5.50. The van der Waals surface area contributed by atoms with Crippen LogP contribution in [-0.4, -0.2) is 9.97 Å².